The van der Waals surface area contributed by atoms with Gasteiger partial charge in [0, 0.05) is 36.4 Å². The molecule has 1 aliphatic heterocycles. The van der Waals surface area contributed by atoms with Crippen molar-refractivity contribution in [2.45, 2.75) is 16.2 Å². The summed E-state index contributed by atoms with van der Waals surface area (Å²) in [5.74, 6) is -1.07. The second-order valence-electron chi connectivity index (χ2n) is 9.25. The van der Waals surface area contributed by atoms with Gasteiger partial charge in [0.15, 0.2) is 12.4 Å². The molecule has 10 nitrogen and oxygen atoms in total. The van der Waals surface area contributed by atoms with Crippen LogP contribution < -0.4 is 14.2 Å². The van der Waals surface area contributed by atoms with Gasteiger partial charge in [0.25, 0.3) is 0 Å². The third kappa shape index (κ3) is 7.83. The van der Waals surface area contributed by atoms with Crippen LogP contribution in [0.25, 0.3) is 11.6 Å². The molecule has 1 aliphatic rings. The summed E-state index contributed by atoms with van der Waals surface area (Å²) in [7, 11) is -3.22. The van der Waals surface area contributed by atoms with Crippen LogP contribution in [-0.4, -0.2) is 53.8 Å². The Kier molecular flexibility index (Phi) is 9.34. The van der Waals surface area contributed by atoms with E-state index in [-0.39, 0.29) is 17.9 Å². The Balaban J connectivity index is 1.63. The highest BCUT2D eigenvalue weighted by Gasteiger charge is 2.25. The first-order chi connectivity index (χ1) is 19.4. The predicted molar refractivity (Wildman–Crippen MR) is 156 cm³/mol. The molecule has 0 bridgehead atoms. The summed E-state index contributed by atoms with van der Waals surface area (Å²) >= 11 is 1.49. The van der Waals surface area contributed by atoms with Crippen molar-refractivity contribution in [1.82, 2.24) is 4.72 Å². The Morgan fingerprint density at radius 3 is 2.34 bits per heavy atom. The van der Waals surface area contributed by atoms with Crippen molar-refractivity contribution in [3.8, 4) is 0 Å². The van der Waals surface area contributed by atoms with E-state index in [4.69, 9.17) is 4.74 Å². The molecule has 0 spiro atoms. The van der Waals surface area contributed by atoms with E-state index in [0.29, 0.717) is 11.3 Å². The number of nitrogens with zero attached hydrogens (tertiary/aromatic N) is 2. The number of thioether (sulfide) groups is 1. The molecular weight excluding hydrogens is 587 g/mol. The number of fused-ring (bicyclic) bond motifs is 1. The molecule has 0 aliphatic carbocycles. The van der Waals surface area contributed by atoms with Gasteiger partial charge in [0.2, 0.25) is 10.0 Å². The molecule has 2 heterocycles. The van der Waals surface area contributed by atoms with Crippen molar-refractivity contribution >= 4 is 55.2 Å². The van der Waals surface area contributed by atoms with E-state index in [1.165, 1.54) is 24.9 Å². The largest absolute Gasteiger partial charge is 0.748 e. The highest BCUT2D eigenvalue weighted by atomic mass is 32.2. The average Bonchev–Trinajstić information content (AvgIpc) is 3.25. The maximum Gasteiger partial charge on any atom is 0.337 e. The molecule has 1 N–H and O–H groups in total. The van der Waals surface area contributed by atoms with E-state index in [9.17, 15) is 26.2 Å². The van der Waals surface area contributed by atoms with Crippen LogP contribution in [0.2, 0.25) is 0 Å². The molecular formula is C28H29N3O7S3. The van der Waals surface area contributed by atoms with Gasteiger partial charge < -0.3 is 14.2 Å². The molecule has 0 saturated heterocycles. The monoisotopic (exact) mass is 615 g/mol. The number of pyridine rings is 1. The fraction of sp³-hybridized carbons (Fsp3) is 0.214. The summed E-state index contributed by atoms with van der Waals surface area (Å²) in [6.07, 6.45) is 7.80. The number of anilines is 1. The third-order valence-electron chi connectivity index (χ3n) is 6.26. The summed E-state index contributed by atoms with van der Waals surface area (Å²) in [6, 6.07) is 15.8. The molecule has 0 radical (unpaired) electrons. The normalized spacial score (nSPS) is 14.8. The number of aromatic nitrogens is 1. The van der Waals surface area contributed by atoms with Crippen molar-refractivity contribution in [3.63, 3.8) is 0 Å². The standard InChI is InChI=1S/C28H29N3O7S3/c1-30-14-11-20(12-15-30)17-23(21-5-7-22(8-6-21)28(32)38-3)18-27-31(2)25-19-24(9-10-26(25)39-27)41(36,37)29-13-4-16-40(33,34)35/h5-12,14-15,17-19,29H,4,13,16H2,1-3H3. The van der Waals surface area contributed by atoms with Crippen LogP contribution in [0.3, 0.4) is 0 Å². The lowest BCUT2D eigenvalue weighted by molar-refractivity contribution is -0.671. The predicted octanol–water partition coefficient (Wildman–Crippen LogP) is 3.14. The highest BCUT2D eigenvalue weighted by Crippen LogP contribution is 2.46. The van der Waals surface area contributed by atoms with Gasteiger partial charge in [-0.25, -0.2) is 30.9 Å². The van der Waals surface area contributed by atoms with Crippen LogP contribution in [-0.2, 0) is 31.9 Å². The number of sulfonamides is 1. The first-order valence-corrected chi connectivity index (χ1v) is 16.3. The number of nitrogens with one attached hydrogen (secondary N) is 1. The summed E-state index contributed by atoms with van der Waals surface area (Å²) in [5, 5.41) is 0.855. The number of carbonyl (C=O) groups excluding carboxylic acids is 1. The maximum atomic E-state index is 12.8. The number of aryl methyl sites for hydroxylation is 1. The smallest absolute Gasteiger partial charge is 0.337 e. The zero-order chi connectivity index (χ0) is 29.8. The molecule has 1 aromatic heterocycles. The van der Waals surface area contributed by atoms with Gasteiger partial charge in [-0.15, -0.1) is 0 Å². The summed E-state index contributed by atoms with van der Waals surface area (Å²) in [6.45, 7) is -0.170. The molecule has 0 unspecified atom stereocenters. The molecule has 0 fully saturated rings. The number of allylic oxidation sites excluding steroid dienone is 2. The molecule has 41 heavy (non-hydrogen) atoms. The minimum Gasteiger partial charge on any atom is -0.748 e. The maximum absolute atomic E-state index is 12.8. The topological polar surface area (TPSA) is 137 Å². The molecule has 0 amide bonds. The number of hydrogen-bond donors (Lipinski definition) is 1. The second-order valence-corrected chi connectivity index (χ2v) is 13.6. The molecule has 216 valence electrons. The van der Waals surface area contributed by atoms with Crippen LogP contribution in [0.1, 0.15) is 27.9 Å². The van der Waals surface area contributed by atoms with E-state index in [1.54, 1.807) is 24.3 Å². The number of benzene rings is 2. The Morgan fingerprint density at radius 1 is 1.05 bits per heavy atom. The lowest BCUT2D eigenvalue weighted by atomic mass is 10.0. The first kappa shape index (κ1) is 30.5. The minimum absolute atomic E-state index is 0.0289. The molecule has 13 heteroatoms. The summed E-state index contributed by atoms with van der Waals surface area (Å²) < 4.78 is 67.1. The van der Waals surface area contributed by atoms with Crippen LogP contribution in [0.4, 0.5) is 5.69 Å². The molecule has 4 rings (SSSR count). The van der Waals surface area contributed by atoms with E-state index in [1.807, 2.05) is 72.4 Å². The van der Waals surface area contributed by atoms with E-state index >= 15 is 0 Å². The van der Waals surface area contributed by atoms with E-state index in [0.717, 1.165) is 26.6 Å². The summed E-state index contributed by atoms with van der Waals surface area (Å²) in [5.41, 5.74) is 3.85. The van der Waals surface area contributed by atoms with E-state index < -0.39 is 31.9 Å². The van der Waals surface area contributed by atoms with Gasteiger partial charge in [0.1, 0.15) is 7.05 Å². The minimum atomic E-state index is -4.41. The molecule has 0 atom stereocenters. The first-order valence-electron chi connectivity index (χ1n) is 12.4. The number of hydrogen-bond acceptors (Lipinski definition) is 9. The van der Waals surface area contributed by atoms with Gasteiger partial charge >= 0.3 is 5.97 Å². The molecule has 0 saturated carbocycles. The van der Waals surface area contributed by atoms with Crippen LogP contribution in [0, 0.1) is 0 Å². The zero-order valence-corrected chi connectivity index (χ0v) is 25.1. The SMILES string of the molecule is COC(=O)c1ccc(C(=Cc2cc[n+](C)cc2)C=C2Sc3ccc(S(=O)(=O)NCCCS(=O)(=O)[O-])cc3N2C)cc1. The van der Waals surface area contributed by atoms with Crippen molar-refractivity contribution in [2.75, 3.05) is 31.4 Å². The van der Waals surface area contributed by atoms with E-state index in [2.05, 4.69) is 4.72 Å². The lowest BCUT2D eigenvalue weighted by Crippen LogP contribution is -2.26. The number of carbonyl (C=O) groups is 1. The van der Waals surface area contributed by atoms with Crippen molar-refractivity contribution in [2.24, 2.45) is 7.05 Å². The van der Waals surface area contributed by atoms with Gasteiger partial charge in [-0.3, -0.25) is 0 Å². The van der Waals surface area contributed by atoms with Crippen molar-refractivity contribution < 1.29 is 35.5 Å². The Bertz CT molecular complexity index is 1720. The van der Waals surface area contributed by atoms with Crippen LogP contribution in [0.15, 0.2) is 87.9 Å². The second kappa shape index (κ2) is 12.6. The Labute approximate surface area is 244 Å². The Morgan fingerprint density at radius 2 is 1.71 bits per heavy atom. The van der Waals surface area contributed by atoms with Crippen molar-refractivity contribution in [1.29, 1.82) is 0 Å². The lowest BCUT2D eigenvalue weighted by Gasteiger charge is -2.16. The quantitative estimate of drug-likeness (QED) is 0.158. The Hall–Kier alpha value is -3.49. The zero-order valence-electron chi connectivity index (χ0n) is 22.6. The third-order valence-corrected chi connectivity index (χ3v) is 9.67. The number of methoxy groups -OCH3 is 1. The fourth-order valence-corrected chi connectivity index (χ4v) is 6.70. The van der Waals surface area contributed by atoms with Gasteiger partial charge in [0.05, 0.1) is 38.4 Å². The molecule has 2 aromatic carbocycles. The average molecular weight is 616 g/mol. The van der Waals surface area contributed by atoms with Crippen LogP contribution >= 0.6 is 11.8 Å². The van der Waals surface area contributed by atoms with Crippen molar-refractivity contribution in [3.05, 3.63) is 94.8 Å². The van der Waals surface area contributed by atoms with Gasteiger partial charge in [-0.2, -0.15) is 0 Å². The fourth-order valence-electron chi connectivity index (χ4n) is 4.02. The van der Waals surface area contributed by atoms with Crippen LogP contribution in [0.5, 0.6) is 0 Å². The number of esters is 1. The number of rotatable bonds is 10. The van der Waals surface area contributed by atoms with Gasteiger partial charge in [-0.1, -0.05) is 23.9 Å². The van der Waals surface area contributed by atoms with Gasteiger partial charge in [-0.05, 0) is 65.6 Å². The highest BCUT2D eigenvalue weighted by molar-refractivity contribution is 8.03. The summed E-state index contributed by atoms with van der Waals surface area (Å²) in [4.78, 5) is 14.7. The molecule has 3 aromatic rings. The number of ether oxygens (including phenoxy) is 1.